The lowest BCUT2D eigenvalue weighted by Gasteiger charge is -2.24. The first kappa shape index (κ1) is 28.4. The van der Waals surface area contributed by atoms with Crippen molar-refractivity contribution in [2.45, 2.75) is 32.2 Å². The molecule has 5 aromatic rings. The maximum absolute atomic E-state index is 15.0. The van der Waals surface area contributed by atoms with E-state index in [2.05, 4.69) is 25.9 Å². The smallest absolute Gasteiger partial charge is 0.329 e. The lowest BCUT2D eigenvalue weighted by atomic mass is 9.92. The van der Waals surface area contributed by atoms with E-state index in [1.165, 1.54) is 10.6 Å². The number of aromatic amines is 2. The number of nitrogens with one attached hydrogen (secondary N) is 2. The number of ether oxygens (including phenoxy) is 1. The molecule has 0 spiro atoms. The van der Waals surface area contributed by atoms with Gasteiger partial charge < -0.3 is 24.9 Å². The summed E-state index contributed by atoms with van der Waals surface area (Å²) in [6, 6.07) is 20.5. The van der Waals surface area contributed by atoms with E-state index in [1.54, 1.807) is 36.4 Å². The van der Waals surface area contributed by atoms with Crippen LogP contribution in [0, 0.1) is 5.82 Å². The molecule has 212 valence electrons. The summed E-state index contributed by atoms with van der Waals surface area (Å²) >= 11 is 3.31. The maximum atomic E-state index is 15.0. The molecule has 0 bridgehead atoms. The summed E-state index contributed by atoms with van der Waals surface area (Å²) in [5.74, 6) is -0.00907. The fourth-order valence-electron chi connectivity index (χ4n) is 5.03. The molecule has 0 aliphatic heterocycles. The van der Waals surface area contributed by atoms with Gasteiger partial charge in [-0.3, -0.25) is 4.57 Å². The highest BCUT2D eigenvalue weighted by Crippen LogP contribution is 2.39. The molecule has 10 heteroatoms. The minimum atomic E-state index is -0.750. The maximum Gasteiger partial charge on any atom is 0.329 e. The van der Waals surface area contributed by atoms with Crippen LogP contribution in [0.15, 0.2) is 82.1 Å². The van der Waals surface area contributed by atoms with E-state index in [0.29, 0.717) is 45.0 Å². The molecule has 2 atom stereocenters. The third-order valence-electron chi connectivity index (χ3n) is 7.10. The molecule has 0 fully saturated rings. The minimum absolute atomic E-state index is 0.109. The van der Waals surface area contributed by atoms with Gasteiger partial charge in [-0.2, -0.15) is 0 Å². The average molecular weight is 622 g/mol. The molecule has 0 aliphatic carbocycles. The van der Waals surface area contributed by atoms with Crippen LogP contribution in [0.25, 0.3) is 22.5 Å². The molecule has 8 nitrogen and oxygen atoms in total. The predicted molar refractivity (Wildman–Crippen MR) is 159 cm³/mol. The van der Waals surface area contributed by atoms with Gasteiger partial charge >= 0.3 is 5.69 Å². The number of imidazole rings is 2. The van der Waals surface area contributed by atoms with Crippen molar-refractivity contribution in [1.82, 2.24) is 19.5 Å². The minimum Gasteiger partial charge on any atom is -0.493 e. The molecule has 41 heavy (non-hydrogen) atoms. The Labute approximate surface area is 244 Å². The SMILES string of the molecule is CCc1[nH]c([C@H]([C@@H](C)c2ccccc2)n2c(O)c(-c3ccc(OCCO)cc3)[nH]c2=O)nc1-c1ccc(Br)cc1F. The standard InChI is InChI=1S/C31H30BrFN4O4/c1-3-25-27(23-14-11-21(32)17-24(23)33)35-29(34-25)28(18(2)19-7-5-4-6-8-19)37-30(39)26(36-31(37)40)20-9-12-22(13-10-20)41-16-15-38/h4-14,17-18,28,38-39H,3,15-16H2,1-2H3,(H,34,35)(H,36,40)/t18-,28-/m0/s1. The lowest BCUT2D eigenvalue weighted by Crippen LogP contribution is -2.27. The van der Waals surface area contributed by atoms with Gasteiger partial charge in [0.25, 0.3) is 0 Å². The lowest BCUT2D eigenvalue weighted by molar-refractivity contribution is 0.201. The summed E-state index contributed by atoms with van der Waals surface area (Å²) in [6.45, 7) is 3.95. The summed E-state index contributed by atoms with van der Waals surface area (Å²) in [5.41, 5.74) is 2.75. The fraction of sp³-hybridized carbons (Fsp3) is 0.226. The largest absolute Gasteiger partial charge is 0.493 e. The highest BCUT2D eigenvalue weighted by molar-refractivity contribution is 9.10. The van der Waals surface area contributed by atoms with Gasteiger partial charge in [-0.15, -0.1) is 0 Å². The quantitative estimate of drug-likeness (QED) is 0.149. The Morgan fingerprint density at radius 3 is 2.46 bits per heavy atom. The second-order valence-electron chi connectivity index (χ2n) is 9.67. The summed E-state index contributed by atoms with van der Waals surface area (Å²) in [5, 5.41) is 20.5. The number of rotatable bonds is 10. The van der Waals surface area contributed by atoms with E-state index in [0.717, 1.165) is 5.56 Å². The molecule has 0 aliphatic rings. The second-order valence-corrected chi connectivity index (χ2v) is 10.6. The van der Waals surface area contributed by atoms with Gasteiger partial charge in [-0.1, -0.05) is 60.1 Å². The van der Waals surface area contributed by atoms with Crippen LogP contribution in [-0.2, 0) is 6.42 Å². The van der Waals surface area contributed by atoms with E-state index in [4.69, 9.17) is 14.8 Å². The third kappa shape index (κ3) is 5.71. The van der Waals surface area contributed by atoms with E-state index >= 15 is 4.39 Å². The second kappa shape index (κ2) is 12.2. The number of aliphatic hydroxyl groups excluding tert-OH is 1. The van der Waals surface area contributed by atoms with Crippen molar-refractivity contribution in [1.29, 1.82) is 0 Å². The number of nitrogens with zero attached hydrogens (tertiary/aromatic N) is 2. The van der Waals surface area contributed by atoms with Gasteiger partial charge in [0.05, 0.1) is 12.3 Å². The van der Waals surface area contributed by atoms with E-state index in [9.17, 15) is 9.90 Å². The Balaban J connectivity index is 1.64. The van der Waals surface area contributed by atoms with E-state index in [1.807, 2.05) is 44.2 Å². The fourth-order valence-corrected chi connectivity index (χ4v) is 5.36. The van der Waals surface area contributed by atoms with Gasteiger partial charge in [0.2, 0.25) is 5.88 Å². The number of aryl methyl sites for hydroxylation is 1. The van der Waals surface area contributed by atoms with E-state index < -0.39 is 17.5 Å². The normalized spacial score (nSPS) is 12.8. The number of aliphatic hydroxyl groups is 1. The first-order valence-electron chi connectivity index (χ1n) is 13.3. The van der Waals surface area contributed by atoms with Crippen molar-refractivity contribution in [2.75, 3.05) is 13.2 Å². The number of aromatic nitrogens is 4. The summed E-state index contributed by atoms with van der Waals surface area (Å²) < 4.78 is 22.4. The zero-order chi connectivity index (χ0) is 29.1. The molecule has 4 N–H and O–H groups in total. The Morgan fingerprint density at radius 1 is 1.07 bits per heavy atom. The number of aromatic hydroxyl groups is 1. The highest BCUT2D eigenvalue weighted by Gasteiger charge is 2.32. The number of hydrogen-bond acceptors (Lipinski definition) is 5. The molecule has 0 radical (unpaired) electrons. The summed E-state index contributed by atoms with van der Waals surface area (Å²) in [6.07, 6.45) is 0.550. The van der Waals surface area contributed by atoms with Gasteiger partial charge in [-0.05, 0) is 54.4 Å². The van der Waals surface area contributed by atoms with Crippen molar-refractivity contribution in [3.63, 3.8) is 0 Å². The van der Waals surface area contributed by atoms with Crippen LogP contribution < -0.4 is 10.4 Å². The van der Waals surface area contributed by atoms with Crippen LogP contribution in [0.2, 0.25) is 0 Å². The molecule has 0 amide bonds. The molecular formula is C31H30BrFN4O4. The monoisotopic (exact) mass is 620 g/mol. The van der Waals surface area contributed by atoms with Crippen molar-refractivity contribution in [2.24, 2.45) is 0 Å². The summed E-state index contributed by atoms with van der Waals surface area (Å²) in [4.78, 5) is 24.5. The van der Waals surface area contributed by atoms with E-state index in [-0.39, 0.29) is 30.7 Å². The van der Waals surface area contributed by atoms with Crippen molar-refractivity contribution >= 4 is 15.9 Å². The molecular weight excluding hydrogens is 591 g/mol. The Kier molecular flexibility index (Phi) is 8.41. The molecule has 0 saturated carbocycles. The topological polar surface area (TPSA) is 116 Å². The van der Waals surface area contributed by atoms with Crippen molar-refractivity contribution in [3.05, 3.63) is 111 Å². The number of hydrogen-bond donors (Lipinski definition) is 4. The van der Waals surface area contributed by atoms with Gasteiger partial charge in [0.1, 0.15) is 35.7 Å². The molecule has 0 unspecified atom stereocenters. The zero-order valence-electron chi connectivity index (χ0n) is 22.6. The molecule has 2 aromatic heterocycles. The van der Waals surface area contributed by atoms with Gasteiger partial charge in [0, 0.05) is 27.2 Å². The third-order valence-corrected chi connectivity index (χ3v) is 7.59. The first-order valence-corrected chi connectivity index (χ1v) is 14.1. The van der Waals surface area contributed by atoms with Crippen LogP contribution in [0.5, 0.6) is 11.6 Å². The number of halogens is 2. The summed E-state index contributed by atoms with van der Waals surface area (Å²) in [7, 11) is 0. The van der Waals surface area contributed by atoms with Crippen LogP contribution >= 0.6 is 15.9 Å². The molecule has 2 heterocycles. The Morgan fingerprint density at radius 2 is 1.80 bits per heavy atom. The van der Waals surface area contributed by atoms with Crippen LogP contribution in [0.4, 0.5) is 4.39 Å². The number of benzene rings is 3. The van der Waals surface area contributed by atoms with Crippen molar-refractivity contribution in [3.8, 4) is 34.1 Å². The van der Waals surface area contributed by atoms with Crippen LogP contribution in [0.1, 0.15) is 42.9 Å². The van der Waals surface area contributed by atoms with Crippen LogP contribution in [0.3, 0.4) is 0 Å². The molecule has 5 rings (SSSR count). The van der Waals surface area contributed by atoms with Crippen molar-refractivity contribution < 1.29 is 19.3 Å². The predicted octanol–water partition coefficient (Wildman–Crippen LogP) is 6.17. The zero-order valence-corrected chi connectivity index (χ0v) is 24.2. The molecule has 0 saturated heterocycles. The first-order chi connectivity index (χ1) is 19.8. The van der Waals surface area contributed by atoms with Crippen LogP contribution in [-0.4, -0.2) is 42.9 Å². The average Bonchev–Trinajstić information content (AvgIpc) is 3.53. The highest BCUT2D eigenvalue weighted by atomic mass is 79.9. The Hall–Kier alpha value is -4.15. The number of H-pyrrole nitrogens is 2. The van der Waals surface area contributed by atoms with Gasteiger partial charge in [0.15, 0.2) is 0 Å². The molecule has 3 aromatic carbocycles. The van der Waals surface area contributed by atoms with Gasteiger partial charge in [-0.25, -0.2) is 14.2 Å². The Bertz CT molecular complexity index is 1700.